The van der Waals surface area contributed by atoms with E-state index in [0.717, 1.165) is 37.2 Å². The topological polar surface area (TPSA) is 96.4 Å². The Morgan fingerprint density at radius 1 is 1.12 bits per heavy atom. The first-order valence-electron chi connectivity index (χ1n) is 10.9. The van der Waals surface area contributed by atoms with Crippen molar-refractivity contribution >= 4 is 16.9 Å². The Hall–Kier alpha value is -3.39. The summed E-state index contributed by atoms with van der Waals surface area (Å²) in [6, 6.07) is 13.0. The first-order chi connectivity index (χ1) is 15.5. The summed E-state index contributed by atoms with van der Waals surface area (Å²) in [5, 5.41) is 3.05. The van der Waals surface area contributed by atoms with E-state index in [-0.39, 0.29) is 11.9 Å². The molecule has 0 spiro atoms. The Labute approximate surface area is 185 Å². The summed E-state index contributed by atoms with van der Waals surface area (Å²) >= 11 is 0. The van der Waals surface area contributed by atoms with E-state index in [0.29, 0.717) is 29.7 Å². The van der Waals surface area contributed by atoms with Gasteiger partial charge in [0.25, 0.3) is 5.91 Å². The van der Waals surface area contributed by atoms with Crippen LogP contribution in [0.25, 0.3) is 11.0 Å². The highest BCUT2D eigenvalue weighted by Gasteiger charge is 2.24. The molecule has 0 aliphatic carbocycles. The number of hydrogen-bond donors (Lipinski definition) is 2. The standard InChI is InChI=1S/C24H28N4O4/c1-3-28-20-11-8-17(14-19(20)26-23(30)24(28)31)22(29)25-15-21(27-12-4-5-13-27)16-6-9-18(32-2)10-7-16/h6-11,14,21H,3-5,12-13,15H2,1-2H3,(H,25,29)(H,26,30). The quantitative estimate of drug-likeness (QED) is 0.554. The molecule has 168 valence electrons. The monoisotopic (exact) mass is 436 g/mol. The van der Waals surface area contributed by atoms with E-state index < -0.39 is 11.1 Å². The summed E-state index contributed by atoms with van der Waals surface area (Å²) in [5.41, 5.74) is 1.35. The molecule has 1 fully saturated rings. The molecule has 32 heavy (non-hydrogen) atoms. The summed E-state index contributed by atoms with van der Waals surface area (Å²) in [5.74, 6) is 0.577. The molecule has 1 aliphatic rings. The number of fused-ring (bicyclic) bond motifs is 1. The molecule has 1 amide bonds. The number of nitrogens with one attached hydrogen (secondary N) is 2. The molecule has 0 saturated carbocycles. The van der Waals surface area contributed by atoms with Crippen LogP contribution in [0.4, 0.5) is 0 Å². The van der Waals surface area contributed by atoms with Crippen molar-refractivity contribution in [3.63, 3.8) is 0 Å². The van der Waals surface area contributed by atoms with Crippen LogP contribution in [0.5, 0.6) is 5.75 Å². The van der Waals surface area contributed by atoms with Crippen LogP contribution in [0.1, 0.15) is 41.7 Å². The second-order valence-corrected chi connectivity index (χ2v) is 7.98. The van der Waals surface area contributed by atoms with E-state index in [1.165, 1.54) is 4.57 Å². The van der Waals surface area contributed by atoms with Crippen LogP contribution in [0.2, 0.25) is 0 Å². The number of amides is 1. The van der Waals surface area contributed by atoms with Crippen molar-refractivity contribution in [2.24, 2.45) is 0 Å². The first kappa shape index (κ1) is 21.8. The number of nitrogens with zero attached hydrogens (tertiary/aromatic N) is 2. The normalized spacial score (nSPS) is 15.1. The van der Waals surface area contributed by atoms with E-state index in [1.54, 1.807) is 32.2 Å². The smallest absolute Gasteiger partial charge is 0.316 e. The Morgan fingerprint density at radius 3 is 2.50 bits per heavy atom. The number of hydrogen-bond acceptors (Lipinski definition) is 5. The van der Waals surface area contributed by atoms with Gasteiger partial charge in [0, 0.05) is 18.7 Å². The summed E-state index contributed by atoms with van der Waals surface area (Å²) in [7, 11) is 1.64. The number of aromatic amines is 1. The minimum absolute atomic E-state index is 0.0675. The van der Waals surface area contributed by atoms with E-state index in [2.05, 4.69) is 15.2 Å². The predicted molar refractivity (Wildman–Crippen MR) is 123 cm³/mol. The molecule has 2 aromatic carbocycles. The first-order valence-corrected chi connectivity index (χ1v) is 10.9. The van der Waals surface area contributed by atoms with Crippen LogP contribution in [0, 0.1) is 0 Å². The number of aromatic nitrogens is 2. The molecule has 8 nitrogen and oxygen atoms in total. The van der Waals surface area contributed by atoms with Gasteiger partial charge in [0.1, 0.15) is 5.75 Å². The number of H-pyrrole nitrogens is 1. The van der Waals surface area contributed by atoms with Crippen molar-refractivity contribution in [2.75, 3.05) is 26.7 Å². The minimum atomic E-state index is -0.689. The lowest BCUT2D eigenvalue weighted by Crippen LogP contribution is -2.37. The maximum absolute atomic E-state index is 12.9. The fourth-order valence-electron chi connectivity index (χ4n) is 4.36. The van der Waals surface area contributed by atoms with Crippen molar-refractivity contribution in [3.8, 4) is 5.75 Å². The fourth-order valence-corrected chi connectivity index (χ4v) is 4.36. The number of aryl methyl sites for hydroxylation is 1. The zero-order chi connectivity index (χ0) is 22.7. The number of methoxy groups -OCH3 is 1. The predicted octanol–water partition coefficient (Wildman–Crippen LogP) is 2.29. The number of rotatable bonds is 7. The van der Waals surface area contributed by atoms with Gasteiger partial charge in [-0.25, -0.2) is 0 Å². The lowest BCUT2D eigenvalue weighted by Gasteiger charge is -2.28. The van der Waals surface area contributed by atoms with Gasteiger partial charge in [-0.05, 0) is 68.8 Å². The zero-order valence-electron chi connectivity index (χ0n) is 18.4. The van der Waals surface area contributed by atoms with Gasteiger partial charge < -0.3 is 19.6 Å². The highest BCUT2D eigenvalue weighted by Crippen LogP contribution is 2.26. The van der Waals surface area contributed by atoms with Crippen molar-refractivity contribution in [3.05, 3.63) is 74.3 Å². The van der Waals surface area contributed by atoms with Crippen LogP contribution >= 0.6 is 0 Å². The van der Waals surface area contributed by atoms with E-state index in [9.17, 15) is 14.4 Å². The Kier molecular flexibility index (Phi) is 6.41. The molecule has 1 unspecified atom stereocenters. The molecule has 3 aromatic rings. The number of carbonyl (C=O) groups is 1. The molecule has 0 radical (unpaired) electrons. The van der Waals surface area contributed by atoms with Crippen molar-refractivity contribution in [2.45, 2.75) is 32.4 Å². The number of ether oxygens (including phenoxy) is 1. The van der Waals surface area contributed by atoms with E-state index >= 15 is 0 Å². The fraction of sp³-hybridized carbons (Fsp3) is 0.375. The van der Waals surface area contributed by atoms with E-state index in [1.807, 2.05) is 24.3 Å². The lowest BCUT2D eigenvalue weighted by atomic mass is 10.0. The molecule has 0 bridgehead atoms. The SMILES string of the molecule is CCn1c(=O)c(=O)[nH]c2cc(C(=O)NCC(c3ccc(OC)cc3)N3CCCC3)ccc21. The molecule has 4 rings (SSSR count). The maximum Gasteiger partial charge on any atom is 0.316 e. The summed E-state index contributed by atoms with van der Waals surface area (Å²) in [6.07, 6.45) is 2.30. The van der Waals surface area contributed by atoms with E-state index in [4.69, 9.17) is 4.74 Å². The van der Waals surface area contributed by atoms with Crippen LogP contribution in [0.15, 0.2) is 52.1 Å². The molecule has 8 heteroatoms. The summed E-state index contributed by atoms with van der Waals surface area (Å²) in [6.45, 7) is 4.65. The Bertz CT molecular complexity index is 1220. The average molecular weight is 437 g/mol. The van der Waals surface area contributed by atoms with Gasteiger partial charge in [-0.3, -0.25) is 19.3 Å². The molecular formula is C24H28N4O4. The zero-order valence-corrected chi connectivity index (χ0v) is 18.4. The third kappa shape index (κ3) is 4.31. The van der Waals surface area contributed by atoms with Crippen LogP contribution < -0.4 is 21.2 Å². The Balaban J connectivity index is 1.56. The minimum Gasteiger partial charge on any atom is -0.497 e. The van der Waals surface area contributed by atoms with Gasteiger partial charge in [0.05, 0.1) is 24.2 Å². The molecule has 1 aliphatic heterocycles. The van der Waals surface area contributed by atoms with Gasteiger partial charge in [-0.15, -0.1) is 0 Å². The van der Waals surface area contributed by atoms with Crippen molar-refractivity contribution < 1.29 is 9.53 Å². The number of carbonyl (C=O) groups excluding carboxylic acids is 1. The molecule has 1 aromatic heterocycles. The molecule has 2 N–H and O–H groups in total. The van der Waals surface area contributed by atoms with Gasteiger partial charge >= 0.3 is 11.1 Å². The van der Waals surface area contributed by atoms with Crippen molar-refractivity contribution in [1.82, 2.24) is 19.8 Å². The van der Waals surface area contributed by atoms with Crippen LogP contribution in [0.3, 0.4) is 0 Å². The van der Waals surface area contributed by atoms with Gasteiger partial charge in [0.2, 0.25) is 0 Å². The molecule has 1 saturated heterocycles. The van der Waals surface area contributed by atoms with Gasteiger partial charge in [0.15, 0.2) is 0 Å². The third-order valence-corrected chi connectivity index (χ3v) is 6.09. The van der Waals surface area contributed by atoms with Gasteiger partial charge in [-0.2, -0.15) is 0 Å². The number of likely N-dealkylation sites (tertiary alicyclic amines) is 1. The van der Waals surface area contributed by atoms with Crippen LogP contribution in [-0.4, -0.2) is 47.1 Å². The molecular weight excluding hydrogens is 408 g/mol. The number of benzene rings is 2. The van der Waals surface area contributed by atoms with Crippen molar-refractivity contribution in [1.29, 1.82) is 0 Å². The molecule has 2 heterocycles. The average Bonchev–Trinajstić information content (AvgIpc) is 3.34. The second kappa shape index (κ2) is 9.40. The lowest BCUT2D eigenvalue weighted by molar-refractivity contribution is 0.0938. The highest BCUT2D eigenvalue weighted by atomic mass is 16.5. The Morgan fingerprint density at radius 2 is 1.84 bits per heavy atom. The summed E-state index contributed by atoms with van der Waals surface area (Å²) in [4.78, 5) is 41.9. The second-order valence-electron chi connectivity index (χ2n) is 7.98. The maximum atomic E-state index is 12.9. The van der Waals surface area contributed by atoms with Gasteiger partial charge in [-0.1, -0.05) is 12.1 Å². The summed E-state index contributed by atoms with van der Waals surface area (Å²) < 4.78 is 6.67. The third-order valence-electron chi connectivity index (χ3n) is 6.09. The van der Waals surface area contributed by atoms with Crippen LogP contribution in [-0.2, 0) is 6.54 Å². The highest BCUT2D eigenvalue weighted by molar-refractivity contribution is 5.97. The molecule has 1 atom stereocenters. The largest absolute Gasteiger partial charge is 0.497 e.